The molecule has 2 atom stereocenters. The first-order valence-electron chi connectivity index (χ1n) is 9.91. The molecule has 1 aliphatic carbocycles. The maximum atomic E-state index is 12.7. The summed E-state index contributed by atoms with van der Waals surface area (Å²) >= 11 is 0. The number of carbonyl (C=O) groups excluding carboxylic acids is 1. The minimum Gasteiger partial charge on any atom is -0.490 e. The van der Waals surface area contributed by atoms with Crippen LogP contribution in [0.4, 0.5) is 0 Å². The van der Waals surface area contributed by atoms with Gasteiger partial charge in [0, 0.05) is 25.6 Å². The molecule has 0 bridgehead atoms. The highest BCUT2D eigenvalue weighted by molar-refractivity contribution is 5.85. The van der Waals surface area contributed by atoms with Crippen LogP contribution in [0.15, 0.2) is 24.3 Å². The molecule has 0 spiro atoms. The summed E-state index contributed by atoms with van der Waals surface area (Å²) in [5.74, 6) is 1.86. The predicted octanol–water partition coefficient (Wildman–Crippen LogP) is 3.95. The maximum Gasteiger partial charge on any atom is 0.223 e. The number of piperidine rings is 1. The third kappa shape index (κ3) is 5.62. The summed E-state index contributed by atoms with van der Waals surface area (Å²) in [6.07, 6.45) is 8.69. The number of amides is 1. The van der Waals surface area contributed by atoms with Crippen molar-refractivity contribution in [2.45, 2.75) is 70.4 Å². The van der Waals surface area contributed by atoms with Gasteiger partial charge in [0.05, 0.1) is 6.10 Å². The molecular weight excluding hydrogens is 348 g/mol. The molecule has 1 aliphatic heterocycles. The van der Waals surface area contributed by atoms with Crippen LogP contribution in [0.1, 0.15) is 57.4 Å². The van der Waals surface area contributed by atoms with E-state index < -0.39 is 0 Å². The molecule has 0 aromatic heterocycles. The zero-order valence-electron chi connectivity index (χ0n) is 15.9. The highest BCUT2D eigenvalue weighted by Crippen LogP contribution is 2.26. The second-order valence-electron chi connectivity index (χ2n) is 7.78. The molecule has 1 aromatic rings. The van der Waals surface area contributed by atoms with Crippen molar-refractivity contribution >= 4 is 18.3 Å². The number of nitrogens with two attached hydrogens (primary N) is 1. The molecule has 2 aliphatic rings. The third-order valence-corrected chi connectivity index (χ3v) is 5.70. The Bertz CT molecular complexity index is 575. The van der Waals surface area contributed by atoms with Gasteiger partial charge < -0.3 is 15.4 Å². The lowest BCUT2D eigenvalue weighted by atomic mass is 9.92. The van der Waals surface area contributed by atoms with E-state index in [2.05, 4.69) is 19.1 Å². The number of ether oxygens (including phenoxy) is 1. The smallest absolute Gasteiger partial charge is 0.223 e. The second-order valence-corrected chi connectivity index (χ2v) is 7.78. The molecule has 1 saturated heterocycles. The number of nitrogens with zero attached hydrogens (tertiary/aromatic N) is 1. The fourth-order valence-corrected chi connectivity index (χ4v) is 4.17. The molecule has 26 heavy (non-hydrogen) atoms. The Balaban J connectivity index is 0.00000243. The molecule has 5 heteroatoms. The van der Waals surface area contributed by atoms with Crippen LogP contribution in [0.2, 0.25) is 0 Å². The van der Waals surface area contributed by atoms with Gasteiger partial charge in [-0.1, -0.05) is 19.1 Å². The minimum absolute atomic E-state index is 0. The van der Waals surface area contributed by atoms with Gasteiger partial charge >= 0.3 is 0 Å². The van der Waals surface area contributed by atoms with Crippen LogP contribution in [0.25, 0.3) is 0 Å². The molecular formula is C21H33ClN2O2. The second kappa shape index (κ2) is 10.2. The van der Waals surface area contributed by atoms with Gasteiger partial charge in [-0.3, -0.25) is 4.79 Å². The van der Waals surface area contributed by atoms with Crippen LogP contribution in [-0.4, -0.2) is 36.0 Å². The van der Waals surface area contributed by atoms with Crippen LogP contribution >= 0.6 is 12.4 Å². The monoisotopic (exact) mass is 380 g/mol. The summed E-state index contributed by atoms with van der Waals surface area (Å²) in [7, 11) is 0. The van der Waals surface area contributed by atoms with Crippen LogP contribution in [0, 0.1) is 5.92 Å². The summed E-state index contributed by atoms with van der Waals surface area (Å²) in [5, 5.41) is 0. The standard InChI is InChI=1S/C21H32N2O2.ClH/c1-16-11-12-23(18(13-16)15-22)21(24)10-9-17-5-4-8-20(14-17)25-19-6-2-3-7-19;/h4-5,8,14,16,18-19H,2-3,6-7,9-13,15,22H2,1H3;1H. The van der Waals surface area contributed by atoms with E-state index in [1.54, 1.807) is 0 Å². The Morgan fingerprint density at radius 3 is 2.77 bits per heavy atom. The van der Waals surface area contributed by atoms with Crippen LogP contribution in [0.5, 0.6) is 5.75 Å². The van der Waals surface area contributed by atoms with Gasteiger partial charge in [0.25, 0.3) is 0 Å². The number of benzene rings is 1. The summed E-state index contributed by atoms with van der Waals surface area (Å²) in [5.41, 5.74) is 7.07. The maximum absolute atomic E-state index is 12.7. The lowest BCUT2D eigenvalue weighted by Gasteiger charge is -2.38. The zero-order chi connectivity index (χ0) is 17.6. The molecule has 4 nitrogen and oxygen atoms in total. The van der Waals surface area contributed by atoms with Crippen molar-refractivity contribution in [2.75, 3.05) is 13.1 Å². The summed E-state index contributed by atoms with van der Waals surface area (Å²) in [4.78, 5) is 14.7. The topological polar surface area (TPSA) is 55.6 Å². The van der Waals surface area contributed by atoms with E-state index in [1.165, 1.54) is 18.4 Å². The first-order valence-corrected chi connectivity index (χ1v) is 9.91. The molecule has 2 fully saturated rings. The zero-order valence-corrected chi connectivity index (χ0v) is 16.7. The normalized spacial score (nSPS) is 23.5. The molecule has 1 amide bonds. The van der Waals surface area contributed by atoms with E-state index >= 15 is 0 Å². The number of aryl methyl sites for hydroxylation is 1. The molecule has 2 unspecified atom stereocenters. The first kappa shape index (κ1) is 21.0. The highest BCUT2D eigenvalue weighted by Gasteiger charge is 2.28. The third-order valence-electron chi connectivity index (χ3n) is 5.70. The number of carbonyl (C=O) groups is 1. The van der Waals surface area contributed by atoms with E-state index in [4.69, 9.17) is 10.5 Å². The number of rotatable bonds is 6. The van der Waals surface area contributed by atoms with Gasteiger partial charge in [-0.25, -0.2) is 0 Å². The summed E-state index contributed by atoms with van der Waals surface area (Å²) in [6.45, 7) is 3.67. The van der Waals surface area contributed by atoms with Gasteiger partial charge in [0.15, 0.2) is 0 Å². The van der Waals surface area contributed by atoms with E-state index in [-0.39, 0.29) is 24.4 Å². The molecule has 1 saturated carbocycles. The number of hydrogen-bond donors (Lipinski definition) is 1. The van der Waals surface area contributed by atoms with Gasteiger partial charge in [-0.05, 0) is 68.6 Å². The predicted molar refractivity (Wildman–Crippen MR) is 108 cm³/mol. The highest BCUT2D eigenvalue weighted by atomic mass is 35.5. The van der Waals surface area contributed by atoms with Crippen molar-refractivity contribution in [1.82, 2.24) is 4.90 Å². The van der Waals surface area contributed by atoms with E-state index in [1.807, 2.05) is 17.0 Å². The lowest BCUT2D eigenvalue weighted by Crippen LogP contribution is -2.49. The van der Waals surface area contributed by atoms with Crippen molar-refractivity contribution in [3.8, 4) is 5.75 Å². The Labute approximate surface area is 163 Å². The van der Waals surface area contributed by atoms with E-state index in [9.17, 15) is 4.79 Å². The molecule has 1 aromatic carbocycles. The van der Waals surface area contributed by atoms with E-state index in [0.717, 1.165) is 44.4 Å². The largest absolute Gasteiger partial charge is 0.490 e. The quantitative estimate of drug-likeness (QED) is 0.812. The minimum atomic E-state index is 0. The average Bonchev–Trinajstić information content (AvgIpc) is 3.13. The van der Waals surface area contributed by atoms with Gasteiger partial charge in [0.2, 0.25) is 5.91 Å². The average molecular weight is 381 g/mol. The number of hydrogen-bond acceptors (Lipinski definition) is 3. The lowest BCUT2D eigenvalue weighted by molar-refractivity contribution is -0.135. The first-order chi connectivity index (χ1) is 12.2. The number of halogens is 1. The van der Waals surface area contributed by atoms with Crippen molar-refractivity contribution in [3.05, 3.63) is 29.8 Å². The Morgan fingerprint density at radius 1 is 1.27 bits per heavy atom. The Kier molecular flexibility index (Phi) is 8.23. The van der Waals surface area contributed by atoms with Crippen molar-refractivity contribution in [1.29, 1.82) is 0 Å². The van der Waals surface area contributed by atoms with Gasteiger partial charge in [-0.15, -0.1) is 12.4 Å². The SMILES string of the molecule is CC1CCN(C(=O)CCc2cccc(OC3CCCC3)c2)C(CN)C1.Cl. The molecule has 2 N–H and O–H groups in total. The van der Waals surface area contributed by atoms with Crippen molar-refractivity contribution in [2.24, 2.45) is 11.7 Å². The van der Waals surface area contributed by atoms with Crippen molar-refractivity contribution in [3.63, 3.8) is 0 Å². The van der Waals surface area contributed by atoms with Crippen molar-refractivity contribution < 1.29 is 9.53 Å². The Morgan fingerprint density at radius 2 is 2.04 bits per heavy atom. The molecule has 3 rings (SSSR count). The van der Waals surface area contributed by atoms with E-state index in [0.29, 0.717) is 25.0 Å². The van der Waals surface area contributed by atoms with Crippen LogP contribution in [-0.2, 0) is 11.2 Å². The van der Waals surface area contributed by atoms with Crippen LogP contribution < -0.4 is 10.5 Å². The molecule has 0 radical (unpaired) electrons. The summed E-state index contributed by atoms with van der Waals surface area (Å²) < 4.78 is 6.07. The van der Waals surface area contributed by atoms with Gasteiger partial charge in [-0.2, -0.15) is 0 Å². The van der Waals surface area contributed by atoms with Gasteiger partial charge in [0.1, 0.15) is 5.75 Å². The van der Waals surface area contributed by atoms with Crippen LogP contribution in [0.3, 0.4) is 0 Å². The molecule has 1 heterocycles. The molecule has 146 valence electrons. The fourth-order valence-electron chi connectivity index (χ4n) is 4.17. The fraction of sp³-hybridized carbons (Fsp3) is 0.667. The Hall–Kier alpha value is -1.26. The summed E-state index contributed by atoms with van der Waals surface area (Å²) in [6, 6.07) is 8.47. The number of likely N-dealkylation sites (tertiary alicyclic amines) is 1.